The molecule has 2 amide bonds. The number of hydrogen-bond donors (Lipinski definition) is 0. The second kappa shape index (κ2) is 7.20. The van der Waals surface area contributed by atoms with Gasteiger partial charge in [-0.3, -0.25) is 9.59 Å². The van der Waals surface area contributed by atoms with Crippen LogP contribution in [-0.2, 0) is 4.79 Å². The Labute approximate surface area is 139 Å². The molecule has 0 spiro atoms. The summed E-state index contributed by atoms with van der Waals surface area (Å²) in [4.78, 5) is 27.8. The number of carbonyl (C=O) groups is 2. The molecule has 1 aliphatic heterocycles. The molecule has 0 aromatic heterocycles. The highest BCUT2D eigenvalue weighted by Gasteiger charge is 2.27. The van der Waals surface area contributed by atoms with Crippen molar-refractivity contribution in [3.05, 3.63) is 28.8 Å². The molecule has 0 saturated carbocycles. The number of nitrogens with zero attached hydrogens (tertiary/aromatic N) is 2. The summed E-state index contributed by atoms with van der Waals surface area (Å²) in [5, 5.41) is -0.0656. The number of methoxy groups -OCH3 is 1. The molecule has 1 saturated heterocycles. The van der Waals surface area contributed by atoms with Gasteiger partial charge in [-0.05, 0) is 25.1 Å². The first-order valence-electron chi connectivity index (χ1n) is 6.99. The third-order valence-corrected chi connectivity index (χ3v) is 4.03. The smallest absolute Gasteiger partial charge is 0.257 e. The Hall–Kier alpha value is -1.46. The predicted octanol–water partition coefficient (Wildman–Crippen LogP) is 2.26. The number of carbonyl (C=O) groups excluding carboxylic acids is 2. The fourth-order valence-corrected chi connectivity index (χ4v) is 2.71. The minimum atomic E-state index is -0.546. The molecule has 1 aromatic carbocycles. The highest BCUT2D eigenvalue weighted by Crippen LogP contribution is 2.24. The first-order chi connectivity index (χ1) is 10.4. The van der Waals surface area contributed by atoms with Crippen LogP contribution in [0.1, 0.15) is 17.3 Å². The van der Waals surface area contributed by atoms with Crippen LogP contribution in [0, 0.1) is 0 Å². The molecular formula is C15H18Cl2N2O3. The normalized spacial score (nSPS) is 16.4. The Kier molecular flexibility index (Phi) is 5.53. The number of amides is 2. The highest BCUT2D eigenvalue weighted by atomic mass is 35.5. The van der Waals surface area contributed by atoms with Crippen LogP contribution in [0.4, 0.5) is 0 Å². The van der Waals surface area contributed by atoms with Gasteiger partial charge < -0.3 is 14.5 Å². The summed E-state index contributed by atoms with van der Waals surface area (Å²) in [5.74, 6) is 0.238. The number of ether oxygens (including phenoxy) is 1. The van der Waals surface area contributed by atoms with E-state index in [1.165, 1.54) is 7.11 Å². The van der Waals surface area contributed by atoms with Gasteiger partial charge in [0.2, 0.25) is 5.91 Å². The first kappa shape index (κ1) is 16.9. The molecule has 7 heteroatoms. The lowest BCUT2D eigenvalue weighted by atomic mass is 10.1. The molecule has 1 fully saturated rings. The molecule has 1 atom stereocenters. The summed E-state index contributed by atoms with van der Waals surface area (Å²) in [6.45, 7) is 3.53. The van der Waals surface area contributed by atoms with Gasteiger partial charge in [0.15, 0.2) is 0 Å². The molecule has 5 nitrogen and oxygen atoms in total. The zero-order chi connectivity index (χ0) is 16.3. The lowest BCUT2D eigenvalue weighted by molar-refractivity contribution is -0.131. The van der Waals surface area contributed by atoms with Gasteiger partial charge >= 0.3 is 0 Å². The van der Waals surface area contributed by atoms with E-state index in [1.807, 2.05) is 0 Å². The Morgan fingerprint density at radius 2 is 1.77 bits per heavy atom. The molecule has 120 valence electrons. The van der Waals surface area contributed by atoms with Gasteiger partial charge in [-0.1, -0.05) is 11.6 Å². The molecule has 0 radical (unpaired) electrons. The molecule has 1 unspecified atom stereocenters. The third-order valence-electron chi connectivity index (χ3n) is 3.61. The Bertz CT molecular complexity index is 570. The van der Waals surface area contributed by atoms with Crippen LogP contribution in [-0.4, -0.2) is 60.3 Å². The first-order valence-corrected chi connectivity index (χ1v) is 7.81. The van der Waals surface area contributed by atoms with E-state index in [0.717, 1.165) is 0 Å². The van der Waals surface area contributed by atoms with Gasteiger partial charge in [-0.2, -0.15) is 0 Å². The number of halogens is 2. The van der Waals surface area contributed by atoms with Gasteiger partial charge in [-0.15, -0.1) is 11.6 Å². The van der Waals surface area contributed by atoms with Crippen molar-refractivity contribution in [1.29, 1.82) is 0 Å². The Morgan fingerprint density at radius 3 is 2.32 bits per heavy atom. The molecule has 0 N–H and O–H groups in total. The minimum Gasteiger partial charge on any atom is -0.496 e. The predicted molar refractivity (Wildman–Crippen MR) is 85.8 cm³/mol. The standard InChI is InChI=1S/C15H18Cl2N2O3/c1-10(16)14(20)18-5-7-19(8-6-18)15(21)12-9-11(17)3-4-13(12)22-2/h3-4,9-10H,5-8H2,1-2H3. The van der Waals surface area contributed by atoms with E-state index < -0.39 is 5.38 Å². The van der Waals surface area contributed by atoms with Gasteiger partial charge in [0, 0.05) is 31.2 Å². The molecule has 1 heterocycles. The summed E-state index contributed by atoms with van der Waals surface area (Å²) in [6.07, 6.45) is 0. The summed E-state index contributed by atoms with van der Waals surface area (Å²) in [5.41, 5.74) is 0.431. The molecule has 0 aliphatic carbocycles. The maximum absolute atomic E-state index is 12.6. The van der Waals surface area contributed by atoms with Gasteiger partial charge in [0.1, 0.15) is 11.1 Å². The summed E-state index contributed by atoms with van der Waals surface area (Å²) in [7, 11) is 1.51. The van der Waals surface area contributed by atoms with E-state index in [9.17, 15) is 9.59 Å². The van der Waals surface area contributed by atoms with E-state index in [-0.39, 0.29) is 11.8 Å². The van der Waals surface area contributed by atoms with E-state index in [0.29, 0.717) is 42.5 Å². The number of alkyl halides is 1. The number of piperazine rings is 1. The molecule has 1 aromatic rings. The van der Waals surface area contributed by atoms with E-state index >= 15 is 0 Å². The SMILES string of the molecule is COc1ccc(Cl)cc1C(=O)N1CCN(C(=O)C(C)Cl)CC1. The van der Waals surface area contributed by atoms with Crippen LogP contribution in [0.15, 0.2) is 18.2 Å². The van der Waals surface area contributed by atoms with Crippen LogP contribution < -0.4 is 4.74 Å². The van der Waals surface area contributed by atoms with Crippen molar-refractivity contribution in [2.75, 3.05) is 33.3 Å². The van der Waals surface area contributed by atoms with Gasteiger partial charge in [0.05, 0.1) is 12.7 Å². The number of rotatable bonds is 3. The van der Waals surface area contributed by atoms with Crippen molar-refractivity contribution in [2.45, 2.75) is 12.3 Å². The second-order valence-electron chi connectivity index (χ2n) is 5.08. The Morgan fingerprint density at radius 1 is 1.18 bits per heavy atom. The van der Waals surface area contributed by atoms with Gasteiger partial charge in [0.25, 0.3) is 5.91 Å². The summed E-state index contributed by atoms with van der Waals surface area (Å²) >= 11 is 11.8. The molecule has 2 rings (SSSR count). The van der Waals surface area contributed by atoms with Crippen molar-refractivity contribution >= 4 is 35.0 Å². The molecule has 22 heavy (non-hydrogen) atoms. The fourth-order valence-electron chi connectivity index (χ4n) is 2.40. The third kappa shape index (κ3) is 3.65. The van der Waals surface area contributed by atoms with Crippen molar-refractivity contribution < 1.29 is 14.3 Å². The number of benzene rings is 1. The van der Waals surface area contributed by atoms with E-state index in [1.54, 1.807) is 34.9 Å². The van der Waals surface area contributed by atoms with Crippen molar-refractivity contribution in [3.63, 3.8) is 0 Å². The zero-order valence-corrected chi connectivity index (χ0v) is 14.0. The average molecular weight is 345 g/mol. The molecule has 1 aliphatic rings. The largest absolute Gasteiger partial charge is 0.496 e. The van der Waals surface area contributed by atoms with Crippen molar-refractivity contribution in [1.82, 2.24) is 9.80 Å². The van der Waals surface area contributed by atoms with Crippen LogP contribution in [0.3, 0.4) is 0 Å². The van der Waals surface area contributed by atoms with Crippen LogP contribution in [0.25, 0.3) is 0 Å². The lowest BCUT2D eigenvalue weighted by Crippen LogP contribution is -2.52. The summed E-state index contributed by atoms with van der Waals surface area (Å²) < 4.78 is 5.21. The zero-order valence-electron chi connectivity index (χ0n) is 12.5. The van der Waals surface area contributed by atoms with Crippen molar-refractivity contribution in [3.8, 4) is 5.75 Å². The molecular weight excluding hydrogens is 327 g/mol. The Balaban J connectivity index is 2.07. The maximum atomic E-state index is 12.6. The second-order valence-corrected chi connectivity index (χ2v) is 6.17. The fraction of sp³-hybridized carbons (Fsp3) is 0.467. The van der Waals surface area contributed by atoms with Crippen LogP contribution in [0.5, 0.6) is 5.75 Å². The highest BCUT2D eigenvalue weighted by molar-refractivity contribution is 6.31. The minimum absolute atomic E-state index is 0.103. The quantitative estimate of drug-likeness (QED) is 0.790. The summed E-state index contributed by atoms with van der Waals surface area (Å²) in [6, 6.07) is 4.95. The molecule has 0 bridgehead atoms. The van der Waals surface area contributed by atoms with Crippen LogP contribution in [0.2, 0.25) is 5.02 Å². The monoisotopic (exact) mass is 344 g/mol. The maximum Gasteiger partial charge on any atom is 0.257 e. The van der Waals surface area contributed by atoms with E-state index in [2.05, 4.69) is 0 Å². The van der Waals surface area contributed by atoms with Crippen molar-refractivity contribution in [2.24, 2.45) is 0 Å². The lowest BCUT2D eigenvalue weighted by Gasteiger charge is -2.35. The van der Waals surface area contributed by atoms with Gasteiger partial charge in [-0.25, -0.2) is 0 Å². The van der Waals surface area contributed by atoms with E-state index in [4.69, 9.17) is 27.9 Å². The average Bonchev–Trinajstić information content (AvgIpc) is 2.53. The van der Waals surface area contributed by atoms with Crippen LogP contribution >= 0.6 is 23.2 Å². The topological polar surface area (TPSA) is 49.9 Å². The number of hydrogen-bond acceptors (Lipinski definition) is 3.